The van der Waals surface area contributed by atoms with Gasteiger partial charge >= 0.3 is 6.36 Å². The van der Waals surface area contributed by atoms with E-state index >= 15 is 0 Å². The van der Waals surface area contributed by atoms with Crippen molar-refractivity contribution in [3.8, 4) is 11.4 Å². The summed E-state index contributed by atoms with van der Waals surface area (Å²) in [6, 6.07) is 5.19. The summed E-state index contributed by atoms with van der Waals surface area (Å²) in [5, 5.41) is 11.7. The predicted molar refractivity (Wildman–Crippen MR) is 96.1 cm³/mol. The minimum absolute atomic E-state index is 0.0203. The average Bonchev–Trinajstić information content (AvgIpc) is 3.06. The van der Waals surface area contributed by atoms with Crippen molar-refractivity contribution in [2.24, 2.45) is 11.8 Å². The first-order valence-electron chi connectivity index (χ1n) is 8.76. The Kier molecular flexibility index (Phi) is 6.11. The van der Waals surface area contributed by atoms with Crippen molar-refractivity contribution >= 4 is 17.7 Å². The van der Waals surface area contributed by atoms with E-state index in [1.165, 1.54) is 40.7 Å². The molecule has 1 aliphatic rings. The molecule has 2 heterocycles. The Hall–Kier alpha value is -2.30. The number of likely N-dealkylation sites (tertiary alicyclic amines) is 1. The molecule has 2 aromatic rings. The van der Waals surface area contributed by atoms with Gasteiger partial charge in [-0.15, -0.1) is 18.3 Å². The fourth-order valence-corrected chi connectivity index (χ4v) is 4.10. The number of aromatic nitrogens is 4. The number of benzene rings is 1. The molecule has 0 saturated carbocycles. The first kappa shape index (κ1) is 20.4. The maximum atomic E-state index is 12.5. The first-order chi connectivity index (χ1) is 13.2. The number of hydrogen-bond acceptors (Lipinski definition) is 6. The number of thioether (sulfide) groups is 1. The minimum atomic E-state index is -4.75. The van der Waals surface area contributed by atoms with Crippen molar-refractivity contribution in [1.29, 1.82) is 0 Å². The van der Waals surface area contributed by atoms with Crippen LogP contribution in [0, 0.1) is 11.8 Å². The van der Waals surface area contributed by atoms with Crippen LogP contribution in [0.25, 0.3) is 5.69 Å². The van der Waals surface area contributed by atoms with Crippen molar-refractivity contribution in [3.05, 3.63) is 24.3 Å². The van der Waals surface area contributed by atoms with E-state index in [9.17, 15) is 18.0 Å². The van der Waals surface area contributed by atoms with Crippen LogP contribution in [-0.2, 0) is 4.79 Å². The van der Waals surface area contributed by atoms with E-state index in [1.807, 2.05) is 4.90 Å². The number of ether oxygens (including phenoxy) is 1. The molecular weight excluding hydrogens is 395 g/mol. The van der Waals surface area contributed by atoms with Crippen molar-refractivity contribution < 1.29 is 22.7 Å². The topological polar surface area (TPSA) is 73.1 Å². The third kappa shape index (κ3) is 5.37. The highest BCUT2D eigenvalue weighted by Crippen LogP contribution is 2.26. The number of tetrazole rings is 1. The number of carbonyl (C=O) groups is 1. The van der Waals surface area contributed by atoms with Gasteiger partial charge in [-0.25, -0.2) is 0 Å². The fourth-order valence-electron chi connectivity index (χ4n) is 3.30. The van der Waals surface area contributed by atoms with Crippen LogP contribution in [0.2, 0.25) is 0 Å². The van der Waals surface area contributed by atoms with Gasteiger partial charge in [-0.05, 0) is 52.9 Å². The van der Waals surface area contributed by atoms with E-state index in [0.717, 1.165) is 19.5 Å². The number of rotatable bonds is 5. The normalized spacial score (nSPS) is 20.2. The van der Waals surface area contributed by atoms with Gasteiger partial charge in [0.25, 0.3) is 0 Å². The van der Waals surface area contributed by atoms with Crippen molar-refractivity contribution in [3.63, 3.8) is 0 Å². The largest absolute Gasteiger partial charge is 0.573 e. The van der Waals surface area contributed by atoms with Gasteiger partial charge in [-0.3, -0.25) is 4.79 Å². The second-order valence-electron chi connectivity index (χ2n) is 6.95. The third-order valence-corrected chi connectivity index (χ3v) is 5.21. The van der Waals surface area contributed by atoms with Crippen molar-refractivity contribution in [2.45, 2.75) is 31.8 Å². The van der Waals surface area contributed by atoms with E-state index < -0.39 is 6.36 Å². The first-order valence-corrected chi connectivity index (χ1v) is 9.75. The van der Waals surface area contributed by atoms with Crippen LogP contribution in [0.15, 0.2) is 29.4 Å². The summed E-state index contributed by atoms with van der Waals surface area (Å²) in [7, 11) is 0. The SMILES string of the molecule is C[C@@H]1C[C@@H](C)CN(C(=O)CSc2nnnn2-c2ccc(OC(F)(F)F)cc2)C1. The maximum absolute atomic E-state index is 12.5. The van der Waals surface area contributed by atoms with Gasteiger partial charge in [0, 0.05) is 13.1 Å². The molecule has 0 radical (unpaired) electrons. The second kappa shape index (κ2) is 8.38. The molecule has 1 fully saturated rings. The molecule has 1 aromatic carbocycles. The molecule has 1 amide bonds. The molecule has 0 bridgehead atoms. The number of alkyl halides is 3. The molecule has 1 aromatic heterocycles. The Bertz CT molecular complexity index is 802. The lowest BCUT2D eigenvalue weighted by molar-refractivity contribution is -0.274. The minimum Gasteiger partial charge on any atom is -0.406 e. The molecular formula is C17H20F3N5O2S. The summed E-state index contributed by atoms with van der Waals surface area (Å²) in [6.07, 6.45) is -3.63. The third-order valence-electron chi connectivity index (χ3n) is 4.30. The highest BCUT2D eigenvalue weighted by molar-refractivity contribution is 7.99. The van der Waals surface area contributed by atoms with Crippen LogP contribution >= 0.6 is 11.8 Å². The monoisotopic (exact) mass is 415 g/mol. The predicted octanol–water partition coefficient (Wildman–Crippen LogP) is 3.16. The molecule has 7 nitrogen and oxygen atoms in total. The highest BCUT2D eigenvalue weighted by Gasteiger charge is 2.31. The summed E-state index contributed by atoms with van der Waals surface area (Å²) in [6.45, 7) is 5.76. The summed E-state index contributed by atoms with van der Waals surface area (Å²) >= 11 is 1.19. The molecule has 0 aliphatic carbocycles. The quantitative estimate of drug-likeness (QED) is 0.699. The smallest absolute Gasteiger partial charge is 0.406 e. The fraction of sp³-hybridized carbons (Fsp3) is 0.529. The van der Waals surface area contributed by atoms with Crippen LogP contribution < -0.4 is 4.74 Å². The molecule has 2 atom stereocenters. The highest BCUT2D eigenvalue weighted by atomic mass is 32.2. The summed E-state index contributed by atoms with van der Waals surface area (Å²) < 4.78 is 42.0. The molecule has 152 valence electrons. The lowest BCUT2D eigenvalue weighted by Crippen LogP contribution is -2.43. The van der Waals surface area contributed by atoms with Crippen LogP contribution in [0.4, 0.5) is 13.2 Å². The van der Waals surface area contributed by atoms with Crippen LogP contribution in [0.5, 0.6) is 5.75 Å². The zero-order valence-electron chi connectivity index (χ0n) is 15.4. The number of halogens is 3. The van der Waals surface area contributed by atoms with Gasteiger partial charge < -0.3 is 9.64 Å². The summed E-state index contributed by atoms with van der Waals surface area (Å²) in [5.41, 5.74) is 0.467. The summed E-state index contributed by atoms with van der Waals surface area (Å²) in [5.74, 6) is 0.824. The van der Waals surface area contributed by atoms with Gasteiger partial charge in [0.05, 0.1) is 11.4 Å². The van der Waals surface area contributed by atoms with Gasteiger partial charge in [0.2, 0.25) is 11.1 Å². The molecule has 0 spiro atoms. The molecule has 0 N–H and O–H groups in total. The van der Waals surface area contributed by atoms with Gasteiger partial charge in [0.15, 0.2) is 0 Å². The van der Waals surface area contributed by atoms with Crippen molar-refractivity contribution in [2.75, 3.05) is 18.8 Å². The number of nitrogens with zero attached hydrogens (tertiary/aromatic N) is 5. The molecule has 1 saturated heterocycles. The lowest BCUT2D eigenvalue weighted by atomic mass is 9.92. The molecule has 1 aliphatic heterocycles. The van der Waals surface area contributed by atoms with Crippen LogP contribution in [0.1, 0.15) is 20.3 Å². The second-order valence-corrected chi connectivity index (χ2v) is 7.89. The maximum Gasteiger partial charge on any atom is 0.573 e. The lowest BCUT2D eigenvalue weighted by Gasteiger charge is -2.34. The van der Waals surface area contributed by atoms with Gasteiger partial charge in [0.1, 0.15) is 5.75 Å². The number of piperidine rings is 1. The van der Waals surface area contributed by atoms with E-state index in [1.54, 1.807) is 0 Å². The van der Waals surface area contributed by atoms with Gasteiger partial charge in [-0.1, -0.05) is 25.6 Å². The Morgan fingerprint density at radius 3 is 2.46 bits per heavy atom. The van der Waals surface area contributed by atoms with E-state index in [-0.39, 0.29) is 17.4 Å². The number of hydrogen-bond donors (Lipinski definition) is 0. The van der Waals surface area contributed by atoms with E-state index in [4.69, 9.17) is 0 Å². The standard InChI is InChI=1S/C17H20F3N5O2S/c1-11-7-12(2)9-24(8-11)15(26)10-28-16-21-22-23-25(16)13-3-5-14(6-4-13)27-17(18,19)20/h3-6,11-12H,7-10H2,1-2H3/t11-,12-/m1/s1. The zero-order chi connectivity index (χ0) is 20.3. The average molecular weight is 415 g/mol. The summed E-state index contributed by atoms with van der Waals surface area (Å²) in [4.78, 5) is 14.4. The van der Waals surface area contributed by atoms with E-state index in [0.29, 0.717) is 22.7 Å². The Morgan fingerprint density at radius 1 is 1.21 bits per heavy atom. The van der Waals surface area contributed by atoms with Crippen molar-refractivity contribution in [1.82, 2.24) is 25.1 Å². The Morgan fingerprint density at radius 2 is 1.86 bits per heavy atom. The molecule has 11 heteroatoms. The zero-order valence-corrected chi connectivity index (χ0v) is 16.2. The molecule has 0 unspecified atom stereocenters. The van der Waals surface area contributed by atoms with Crippen LogP contribution in [-0.4, -0.2) is 56.2 Å². The van der Waals surface area contributed by atoms with Gasteiger partial charge in [-0.2, -0.15) is 4.68 Å². The molecule has 3 rings (SSSR count). The number of carbonyl (C=O) groups excluding carboxylic acids is 1. The van der Waals surface area contributed by atoms with Crippen LogP contribution in [0.3, 0.4) is 0 Å². The number of amides is 1. The molecule has 28 heavy (non-hydrogen) atoms. The Labute approximate surface area is 164 Å². The van der Waals surface area contributed by atoms with E-state index in [2.05, 4.69) is 34.1 Å². The Balaban J connectivity index is 1.63.